The van der Waals surface area contributed by atoms with Gasteiger partial charge in [0.05, 0.1) is 5.38 Å². The zero-order chi connectivity index (χ0) is 14.2. The molecule has 2 aromatic carbocycles. The van der Waals surface area contributed by atoms with E-state index in [4.69, 9.17) is 23.2 Å². The molecule has 2 rings (SSSR count). The molecule has 0 aliphatic carbocycles. The van der Waals surface area contributed by atoms with Gasteiger partial charge in [-0.3, -0.25) is 0 Å². The van der Waals surface area contributed by atoms with Crippen molar-refractivity contribution >= 4 is 23.2 Å². The van der Waals surface area contributed by atoms with Crippen molar-refractivity contribution in [1.82, 2.24) is 0 Å². The number of benzene rings is 2. The second-order valence-corrected chi connectivity index (χ2v) is 5.02. The number of hydrogen-bond donors (Lipinski definition) is 0. The summed E-state index contributed by atoms with van der Waals surface area (Å²) >= 11 is 11.9. The standard InChI is InChI=1S/C14H9Cl2F3/c1-7-2-3-11(17)9(4-7)14(16)8-5-12(18)13(19)6-10(8)15/h2-6,14H,1H3. The van der Waals surface area contributed by atoms with Crippen molar-refractivity contribution in [3.63, 3.8) is 0 Å². The molecule has 0 bridgehead atoms. The van der Waals surface area contributed by atoms with Gasteiger partial charge >= 0.3 is 0 Å². The van der Waals surface area contributed by atoms with Crippen molar-refractivity contribution in [3.05, 3.63) is 69.5 Å². The Kier molecular flexibility index (Phi) is 4.07. The first kappa shape index (κ1) is 14.2. The molecule has 0 spiro atoms. The molecule has 0 nitrogen and oxygen atoms in total. The Morgan fingerprint density at radius 2 is 1.53 bits per heavy atom. The summed E-state index contributed by atoms with van der Waals surface area (Å²) in [5, 5.41) is -1.03. The lowest BCUT2D eigenvalue weighted by Crippen LogP contribution is -2.00. The average molecular weight is 305 g/mol. The summed E-state index contributed by atoms with van der Waals surface area (Å²) < 4.78 is 39.9. The molecule has 1 atom stereocenters. The maximum atomic E-state index is 13.7. The van der Waals surface area contributed by atoms with Crippen LogP contribution in [0.3, 0.4) is 0 Å². The molecule has 2 aromatic rings. The molecule has 5 heteroatoms. The Morgan fingerprint density at radius 1 is 0.895 bits per heavy atom. The molecule has 0 N–H and O–H groups in total. The van der Waals surface area contributed by atoms with Gasteiger partial charge in [0.2, 0.25) is 0 Å². The van der Waals surface area contributed by atoms with E-state index in [0.29, 0.717) is 0 Å². The van der Waals surface area contributed by atoms with Crippen LogP contribution in [0.1, 0.15) is 22.1 Å². The highest BCUT2D eigenvalue weighted by Gasteiger charge is 2.20. The predicted octanol–water partition coefficient (Wildman–Crippen LogP) is 5.39. The smallest absolute Gasteiger partial charge is 0.160 e. The molecule has 19 heavy (non-hydrogen) atoms. The largest absolute Gasteiger partial charge is 0.207 e. The summed E-state index contributed by atoms with van der Waals surface area (Å²) in [5.41, 5.74) is 1.11. The third-order valence-corrected chi connectivity index (χ3v) is 3.53. The van der Waals surface area contributed by atoms with Gasteiger partial charge in [0.15, 0.2) is 11.6 Å². The molecular weight excluding hydrogens is 296 g/mol. The summed E-state index contributed by atoms with van der Waals surface area (Å²) in [5.74, 6) is -2.66. The van der Waals surface area contributed by atoms with Gasteiger partial charge in [-0.25, -0.2) is 13.2 Å². The maximum Gasteiger partial charge on any atom is 0.160 e. The SMILES string of the molecule is Cc1ccc(F)c(C(Cl)c2cc(F)c(F)cc2Cl)c1. The first-order valence-electron chi connectivity index (χ1n) is 5.44. The zero-order valence-electron chi connectivity index (χ0n) is 9.85. The highest BCUT2D eigenvalue weighted by Crippen LogP contribution is 2.36. The van der Waals surface area contributed by atoms with E-state index in [1.54, 1.807) is 19.1 Å². The molecular formula is C14H9Cl2F3. The first-order chi connectivity index (χ1) is 8.90. The van der Waals surface area contributed by atoms with Gasteiger partial charge in [0.1, 0.15) is 5.82 Å². The maximum absolute atomic E-state index is 13.7. The lowest BCUT2D eigenvalue weighted by Gasteiger charge is -2.14. The normalized spacial score (nSPS) is 12.5. The van der Waals surface area contributed by atoms with Gasteiger partial charge in [-0.1, -0.05) is 29.3 Å². The summed E-state index contributed by atoms with van der Waals surface area (Å²) in [6.45, 7) is 1.78. The lowest BCUT2D eigenvalue weighted by atomic mass is 10.0. The number of alkyl halides is 1. The van der Waals surface area contributed by atoms with Crippen LogP contribution in [-0.4, -0.2) is 0 Å². The van der Waals surface area contributed by atoms with E-state index in [2.05, 4.69) is 0 Å². The van der Waals surface area contributed by atoms with Gasteiger partial charge in [0.25, 0.3) is 0 Å². The highest BCUT2D eigenvalue weighted by atomic mass is 35.5. The van der Waals surface area contributed by atoms with Gasteiger partial charge in [-0.05, 0) is 30.7 Å². The Labute approximate surface area is 118 Å². The fourth-order valence-corrected chi connectivity index (χ4v) is 2.42. The molecule has 1 unspecified atom stereocenters. The van der Waals surface area contributed by atoms with Crippen molar-refractivity contribution < 1.29 is 13.2 Å². The van der Waals surface area contributed by atoms with Crippen LogP contribution >= 0.6 is 23.2 Å². The van der Waals surface area contributed by atoms with Crippen molar-refractivity contribution in [3.8, 4) is 0 Å². The van der Waals surface area contributed by atoms with E-state index in [9.17, 15) is 13.2 Å². The quantitative estimate of drug-likeness (QED) is 0.515. The summed E-state index contributed by atoms with van der Waals surface area (Å²) in [6, 6.07) is 6.13. The fraction of sp³-hybridized carbons (Fsp3) is 0.143. The van der Waals surface area contributed by atoms with Crippen LogP contribution in [0, 0.1) is 24.4 Å². The molecule has 100 valence electrons. The van der Waals surface area contributed by atoms with Gasteiger partial charge < -0.3 is 0 Å². The molecule has 0 aliphatic rings. The third kappa shape index (κ3) is 2.88. The lowest BCUT2D eigenvalue weighted by molar-refractivity contribution is 0.507. The minimum atomic E-state index is -1.07. The Hall–Kier alpha value is -1.19. The van der Waals surface area contributed by atoms with E-state index < -0.39 is 22.8 Å². The van der Waals surface area contributed by atoms with Crippen molar-refractivity contribution in [2.24, 2.45) is 0 Å². The minimum absolute atomic E-state index is 0.0418. The van der Waals surface area contributed by atoms with Crippen LogP contribution in [0.5, 0.6) is 0 Å². The van der Waals surface area contributed by atoms with E-state index in [-0.39, 0.29) is 16.1 Å². The Bertz CT molecular complexity index is 626. The van der Waals surface area contributed by atoms with Crippen molar-refractivity contribution in [2.45, 2.75) is 12.3 Å². The second-order valence-electron chi connectivity index (χ2n) is 4.18. The first-order valence-corrected chi connectivity index (χ1v) is 6.26. The molecule has 0 saturated carbocycles. The molecule has 0 saturated heterocycles. The van der Waals surface area contributed by atoms with E-state index in [1.165, 1.54) is 6.07 Å². The Morgan fingerprint density at radius 3 is 2.21 bits per heavy atom. The number of hydrogen-bond acceptors (Lipinski definition) is 0. The highest BCUT2D eigenvalue weighted by molar-refractivity contribution is 6.33. The molecule has 0 aliphatic heterocycles. The molecule has 0 amide bonds. The van der Waals surface area contributed by atoms with E-state index in [1.807, 2.05) is 0 Å². The summed E-state index contributed by atoms with van der Waals surface area (Å²) in [7, 11) is 0. The van der Waals surface area contributed by atoms with E-state index in [0.717, 1.165) is 17.7 Å². The molecule has 0 aromatic heterocycles. The summed E-state index contributed by atoms with van der Waals surface area (Å²) in [6.07, 6.45) is 0. The van der Waals surface area contributed by atoms with Crippen molar-refractivity contribution in [2.75, 3.05) is 0 Å². The predicted molar refractivity (Wildman–Crippen MR) is 70.2 cm³/mol. The third-order valence-electron chi connectivity index (χ3n) is 2.74. The van der Waals surface area contributed by atoms with Crippen molar-refractivity contribution in [1.29, 1.82) is 0 Å². The molecule has 0 fully saturated rings. The van der Waals surface area contributed by atoms with Crippen LogP contribution in [0.15, 0.2) is 30.3 Å². The van der Waals surface area contributed by atoms with Crippen LogP contribution < -0.4 is 0 Å². The fourth-order valence-electron chi connectivity index (χ4n) is 1.76. The number of rotatable bonds is 2. The molecule has 0 heterocycles. The van der Waals surface area contributed by atoms with E-state index >= 15 is 0 Å². The average Bonchev–Trinajstić information content (AvgIpc) is 2.36. The monoisotopic (exact) mass is 304 g/mol. The van der Waals surface area contributed by atoms with Crippen LogP contribution in [0.2, 0.25) is 5.02 Å². The van der Waals surface area contributed by atoms with Gasteiger partial charge in [-0.2, -0.15) is 0 Å². The molecule has 0 radical (unpaired) electrons. The zero-order valence-corrected chi connectivity index (χ0v) is 11.4. The van der Waals surface area contributed by atoms with Crippen LogP contribution in [-0.2, 0) is 0 Å². The second kappa shape index (κ2) is 5.43. The number of halogens is 5. The topological polar surface area (TPSA) is 0 Å². The number of aryl methyl sites for hydroxylation is 1. The Balaban J connectivity index is 2.52. The van der Waals surface area contributed by atoms with Crippen LogP contribution in [0.25, 0.3) is 0 Å². The summed E-state index contributed by atoms with van der Waals surface area (Å²) in [4.78, 5) is 0. The van der Waals surface area contributed by atoms with Gasteiger partial charge in [0, 0.05) is 10.6 Å². The minimum Gasteiger partial charge on any atom is -0.207 e. The van der Waals surface area contributed by atoms with Crippen LogP contribution in [0.4, 0.5) is 13.2 Å². The van der Waals surface area contributed by atoms with Gasteiger partial charge in [-0.15, -0.1) is 11.6 Å².